The normalized spacial score (nSPS) is 15.4. The lowest BCUT2D eigenvalue weighted by molar-refractivity contribution is -0.137. The molecule has 0 aliphatic carbocycles. The summed E-state index contributed by atoms with van der Waals surface area (Å²) in [6.45, 7) is 4.77. The zero-order valence-corrected chi connectivity index (χ0v) is 22.7. The van der Waals surface area contributed by atoms with Gasteiger partial charge in [0.05, 0.1) is 40.8 Å². The molecule has 3 aromatic carbocycles. The van der Waals surface area contributed by atoms with E-state index in [9.17, 15) is 32.8 Å². The van der Waals surface area contributed by atoms with E-state index in [-0.39, 0.29) is 23.5 Å². The Bertz CT molecular complexity index is 1670. The number of urea groups is 1. The van der Waals surface area contributed by atoms with E-state index in [4.69, 9.17) is 9.84 Å². The first-order chi connectivity index (χ1) is 20.4. The molecule has 11 heteroatoms. The number of amides is 2. The molecule has 1 N–H and O–H groups in total. The number of allylic oxidation sites excluding steroid dienone is 1. The van der Waals surface area contributed by atoms with Gasteiger partial charge < -0.3 is 14.7 Å². The van der Waals surface area contributed by atoms with Gasteiger partial charge in [0.15, 0.2) is 0 Å². The molecule has 0 saturated heterocycles. The number of alkyl halides is 3. The summed E-state index contributed by atoms with van der Waals surface area (Å²) in [4.78, 5) is 40.8. The molecular formula is C32H24F3N3O5. The fourth-order valence-corrected chi connectivity index (χ4v) is 4.72. The highest BCUT2D eigenvalue weighted by Gasteiger charge is 2.43. The molecule has 43 heavy (non-hydrogen) atoms. The molecule has 1 aliphatic rings. The highest BCUT2D eigenvalue weighted by atomic mass is 19.4. The van der Waals surface area contributed by atoms with Gasteiger partial charge in [0.2, 0.25) is 0 Å². The number of hydrogen-bond donors (Lipinski definition) is 1. The second-order valence-electron chi connectivity index (χ2n) is 9.41. The van der Waals surface area contributed by atoms with Crippen LogP contribution in [0, 0.1) is 11.3 Å². The van der Waals surface area contributed by atoms with E-state index in [1.54, 1.807) is 36.4 Å². The summed E-state index contributed by atoms with van der Waals surface area (Å²) >= 11 is 0. The molecule has 2 amide bonds. The number of rotatable bonds is 8. The van der Waals surface area contributed by atoms with Crippen LogP contribution in [-0.2, 0) is 27.0 Å². The van der Waals surface area contributed by atoms with Crippen LogP contribution in [0.5, 0.6) is 0 Å². The molecule has 0 bridgehead atoms. The van der Waals surface area contributed by atoms with E-state index < -0.39 is 35.8 Å². The van der Waals surface area contributed by atoms with Crippen LogP contribution in [0.4, 0.5) is 23.7 Å². The van der Waals surface area contributed by atoms with E-state index in [1.807, 2.05) is 6.07 Å². The van der Waals surface area contributed by atoms with E-state index in [0.29, 0.717) is 22.3 Å². The van der Waals surface area contributed by atoms with Gasteiger partial charge in [-0.1, -0.05) is 49.0 Å². The van der Waals surface area contributed by atoms with Gasteiger partial charge in [0, 0.05) is 18.3 Å². The lowest BCUT2D eigenvalue weighted by Gasteiger charge is -2.43. The molecule has 0 radical (unpaired) electrons. The van der Waals surface area contributed by atoms with E-state index in [1.165, 1.54) is 42.2 Å². The number of hydrogen-bond acceptors (Lipinski definition) is 5. The van der Waals surface area contributed by atoms with Gasteiger partial charge in [-0.25, -0.2) is 14.4 Å². The SMILES string of the molecule is C=COC(=O)C1=C(C)N(c2cccc(C(F)(F)F)c2)C(=O)N(Cc2ccc(/C=C/C(=O)O)cc2)C1c1ccc(C#N)cc1. The Balaban J connectivity index is 1.90. The topological polar surface area (TPSA) is 111 Å². The van der Waals surface area contributed by atoms with Gasteiger partial charge in [-0.15, -0.1) is 0 Å². The maximum atomic E-state index is 14.2. The lowest BCUT2D eigenvalue weighted by Crippen LogP contribution is -2.50. The number of ether oxygens (including phenoxy) is 1. The number of carbonyl (C=O) groups excluding carboxylic acids is 2. The van der Waals surface area contributed by atoms with Crippen LogP contribution in [0.3, 0.4) is 0 Å². The van der Waals surface area contributed by atoms with Gasteiger partial charge in [0.1, 0.15) is 0 Å². The number of carbonyl (C=O) groups is 3. The highest BCUT2D eigenvalue weighted by molar-refractivity contribution is 6.03. The summed E-state index contributed by atoms with van der Waals surface area (Å²) in [5.74, 6) is -1.99. The first-order valence-electron chi connectivity index (χ1n) is 12.7. The Morgan fingerprint density at radius 2 is 1.77 bits per heavy atom. The van der Waals surface area contributed by atoms with Crippen molar-refractivity contribution >= 4 is 29.7 Å². The van der Waals surface area contributed by atoms with Crippen molar-refractivity contribution in [1.29, 1.82) is 5.26 Å². The number of nitriles is 1. The predicted molar refractivity (Wildman–Crippen MR) is 151 cm³/mol. The van der Waals surface area contributed by atoms with Crippen molar-refractivity contribution in [2.24, 2.45) is 0 Å². The van der Waals surface area contributed by atoms with Crippen LogP contribution in [0.2, 0.25) is 0 Å². The minimum atomic E-state index is -4.68. The Hall–Kier alpha value is -5.63. The van der Waals surface area contributed by atoms with Crippen molar-refractivity contribution in [3.63, 3.8) is 0 Å². The van der Waals surface area contributed by atoms with Gasteiger partial charge in [-0.05, 0) is 60.0 Å². The fourth-order valence-electron chi connectivity index (χ4n) is 4.72. The first kappa shape index (κ1) is 30.3. The van der Waals surface area contributed by atoms with Crippen LogP contribution < -0.4 is 4.90 Å². The number of carboxylic acids is 1. The van der Waals surface area contributed by atoms with Crippen molar-refractivity contribution in [3.05, 3.63) is 131 Å². The molecule has 1 aliphatic heterocycles. The molecule has 0 aromatic heterocycles. The summed E-state index contributed by atoms with van der Waals surface area (Å²) < 4.78 is 45.9. The largest absolute Gasteiger partial charge is 0.478 e. The van der Waals surface area contributed by atoms with Crippen LogP contribution in [0.1, 0.15) is 40.8 Å². The van der Waals surface area contributed by atoms with Gasteiger partial charge in [-0.2, -0.15) is 18.4 Å². The smallest absolute Gasteiger partial charge is 0.416 e. The first-order valence-corrected chi connectivity index (χ1v) is 12.7. The van der Waals surface area contributed by atoms with Crippen LogP contribution in [0.15, 0.2) is 103 Å². The Kier molecular flexibility index (Phi) is 8.81. The molecule has 3 aromatic rings. The molecule has 0 saturated carbocycles. The standard InChI is InChI=1S/C32H24F3N3O5/c1-3-43-30(41)28-20(2)38(26-6-4-5-25(17-26)32(33,34)35)31(42)37(29(28)24-14-11-22(18-36)12-15-24)19-23-9-7-21(8-10-23)13-16-27(39)40/h3-17,29H,1,19H2,2H3,(H,39,40)/b16-13+. The number of esters is 1. The van der Waals surface area contributed by atoms with Crippen LogP contribution in [-0.4, -0.2) is 28.0 Å². The minimum absolute atomic E-state index is 0.0253. The molecule has 1 atom stereocenters. The Labute approximate surface area is 244 Å². The highest BCUT2D eigenvalue weighted by Crippen LogP contribution is 2.42. The quantitative estimate of drug-likeness (QED) is 0.176. The van der Waals surface area contributed by atoms with Crippen molar-refractivity contribution in [3.8, 4) is 6.07 Å². The third-order valence-electron chi connectivity index (χ3n) is 6.70. The van der Waals surface area contributed by atoms with Gasteiger partial charge in [-0.3, -0.25) is 4.90 Å². The molecule has 1 unspecified atom stereocenters. The summed E-state index contributed by atoms with van der Waals surface area (Å²) in [5, 5.41) is 18.2. The van der Waals surface area contributed by atoms with Crippen molar-refractivity contribution in [2.75, 3.05) is 4.90 Å². The maximum absolute atomic E-state index is 14.2. The fraction of sp³-hybridized carbons (Fsp3) is 0.125. The number of anilines is 1. The number of aliphatic carboxylic acids is 1. The third-order valence-corrected chi connectivity index (χ3v) is 6.70. The van der Waals surface area contributed by atoms with E-state index in [0.717, 1.165) is 29.4 Å². The molecule has 4 rings (SSSR count). The zero-order valence-electron chi connectivity index (χ0n) is 22.7. The number of benzene rings is 3. The van der Waals surface area contributed by atoms with Gasteiger partial charge >= 0.3 is 24.1 Å². The minimum Gasteiger partial charge on any atom is -0.478 e. The van der Waals surface area contributed by atoms with Crippen LogP contribution in [0.25, 0.3) is 6.08 Å². The van der Waals surface area contributed by atoms with Gasteiger partial charge in [0.25, 0.3) is 0 Å². The van der Waals surface area contributed by atoms with Crippen molar-refractivity contribution < 1.29 is 37.4 Å². The van der Waals surface area contributed by atoms with Crippen molar-refractivity contribution in [2.45, 2.75) is 25.7 Å². The average Bonchev–Trinajstić information content (AvgIpc) is 2.98. The summed E-state index contributed by atoms with van der Waals surface area (Å²) in [6.07, 6.45) is -1.40. The maximum Gasteiger partial charge on any atom is 0.416 e. The molecule has 0 spiro atoms. The Morgan fingerprint density at radius 1 is 1.09 bits per heavy atom. The molecule has 1 heterocycles. The number of nitrogens with zero attached hydrogens (tertiary/aromatic N) is 3. The lowest BCUT2D eigenvalue weighted by atomic mass is 9.91. The second-order valence-corrected chi connectivity index (χ2v) is 9.41. The molecular weight excluding hydrogens is 563 g/mol. The predicted octanol–water partition coefficient (Wildman–Crippen LogP) is 6.82. The third kappa shape index (κ3) is 6.65. The summed E-state index contributed by atoms with van der Waals surface area (Å²) in [7, 11) is 0. The average molecular weight is 588 g/mol. The summed E-state index contributed by atoms with van der Waals surface area (Å²) in [5.41, 5.74) is 0.885. The molecule has 0 fully saturated rings. The van der Waals surface area contributed by atoms with Crippen molar-refractivity contribution in [1.82, 2.24) is 4.90 Å². The molecule has 218 valence electrons. The monoisotopic (exact) mass is 587 g/mol. The van der Waals surface area contributed by atoms with E-state index in [2.05, 4.69) is 6.58 Å². The Morgan fingerprint density at radius 3 is 2.35 bits per heavy atom. The summed E-state index contributed by atoms with van der Waals surface area (Å²) in [6, 6.07) is 17.2. The number of carboxylic acid groups (broad SMARTS) is 1. The van der Waals surface area contributed by atoms with Crippen LogP contribution >= 0.6 is 0 Å². The number of halogens is 3. The second kappa shape index (κ2) is 12.5. The zero-order chi connectivity index (χ0) is 31.3. The van der Waals surface area contributed by atoms with E-state index >= 15 is 0 Å². The molecule has 8 nitrogen and oxygen atoms in total.